The zero-order valence-corrected chi connectivity index (χ0v) is 13.2. The van der Waals surface area contributed by atoms with E-state index >= 15 is 0 Å². The zero-order valence-electron chi connectivity index (χ0n) is 13.2. The molecule has 4 rings (SSSR count). The molecule has 0 radical (unpaired) electrons. The van der Waals surface area contributed by atoms with Crippen LogP contribution in [0.5, 0.6) is 0 Å². The quantitative estimate of drug-likeness (QED) is 0.847. The summed E-state index contributed by atoms with van der Waals surface area (Å²) in [5, 5.41) is 12.9. The minimum atomic E-state index is 0.304. The lowest BCUT2D eigenvalue weighted by Gasteiger charge is -2.35. The van der Waals surface area contributed by atoms with Gasteiger partial charge >= 0.3 is 0 Å². The summed E-state index contributed by atoms with van der Waals surface area (Å²) in [7, 11) is 0. The number of piperazine rings is 1. The fraction of sp³-hybridized carbons (Fsp3) is 0.500. The summed E-state index contributed by atoms with van der Waals surface area (Å²) in [6.45, 7) is 5.12. The second-order valence-electron chi connectivity index (χ2n) is 6.24. The number of anilines is 1. The molecule has 0 bridgehead atoms. The van der Waals surface area contributed by atoms with Crippen molar-refractivity contribution in [1.29, 1.82) is 0 Å². The molecule has 2 aromatic heterocycles. The molecule has 0 spiro atoms. The van der Waals surface area contributed by atoms with Gasteiger partial charge in [-0.2, -0.15) is 5.10 Å². The molecule has 1 aliphatic heterocycles. The van der Waals surface area contributed by atoms with E-state index in [1.807, 2.05) is 36.2 Å². The van der Waals surface area contributed by atoms with Crippen molar-refractivity contribution in [3.63, 3.8) is 0 Å². The van der Waals surface area contributed by atoms with Gasteiger partial charge in [-0.1, -0.05) is 0 Å². The summed E-state index contributed by atoms with van der Waals surface area (Å²) in [6, 6.07) is 5.83. The lowest BCUT2D eigenvalue weighted by atomic mass is 10.2. The van der Waals surface area contributed by atoms with Crippen LogP contribution in [-0.2, 0) is 4.79 Å². The maximum atomic E-state index is 12.1. The van der Waals surface area contributed by atoms with Crippen molar-refractivity contribution < 1.29 is 4.79 Å². The average Bonchev–Trinajstić information content (AvgIpc) is 3.36. The maximum absolute atomic E-state index is 12.1. The van der Waals surface area contributed by atoms with E-state index in [1.165, 1.54) is 0 Å². The third-order valence-corrected chi connectivity index (χ3v) is 4.44. The SMILES string of the molecule is Cc1ccn(-c2ccc(N3CCN(C(=O)C4CC4)CC3)nn2)n1. The van der Waals surface area contributed by atoms with Gasteiger partial charge in [0.2, 0.25) is 5.91 Å². The summed E-state index contributed by atoms with van der Waals surface area (Å²) in [6.07, 6.45) is 4.01. The summed E-state index contributed by atoms with van der Waals surface area (Å²) >= 11 is 0. The highest BCUT2D eigenvalue weighted by Crippen LogP contribution is 2.31. The third kappa shape index (κ3) is 2.91. The van der Waals surface area contributed by atoms with Crippen molar-refractivity contribution in [2.45, 2.75) is 19.8 Å². The molecule has 23 heavy (non-hydrogen) atoms. The Balaban J connectivity index is 1.40. The molecule has 1 aliphatic carbocycles. The minimum absolute atomic E-state index is 0.304. The average molecular weight is 312 g/mol. The van der Waals surface area contributed by atoms with Crippen molar-refractivity contribution in [2.24, 2.45) is 5.92 Å². The monoisotopic (exact) mass is 312 g/mol. The van der Waals surface area contributed by atoms with Crippen LogP contribution in [0.2, 0.25) is 0 Å². The molecule has 1 saturated heterocycles. The molecule has 2 aliphatic rings. The van der Waals surface area contributed by atoms with Crippen LogP contribution in [0.25, 0.3) is 5.82 Å². The van der Waals surface area contributed by atoms with Crippen molar-refractivity contribution in [2.75, 3.05) is 31.1 Å². The highest BCUT2D eigenvalue weighted by molar-refractivity contribution is 5.81. The Morgan fingerprint density at radius 2 is 1.74 bits per heavy atom. The van der Waals surface area contributed by atoms with Crippen LogP contribution in [0.15, 0.2) is 24.4 Å². The molecule has 7 heteroatoms. The van der Waals surface area contributed by atoms with Crippen molar-refractivity contribution in [3.8, 4) is 5.82 Å². The van der Waals surface area contributed by atoms with Crippen molar-refractivity contribution >= 4 is 11.7 Å². The molecule has 0 aromatic carbocycles. The minimum Gasteiger partial charge on any atom is -0.352 e. The number of carbonyl (C=O) groups is 1. The zero-order chi connectivity index (χ0) is 15.8. The fourth-order valence-corrected chi connectivity index (χ4v) is 2.90. The number of hydrogen-bond donors (Lipinski definition) is 0. The van der Waals surface area contributed by atoms with Crippen LogP contribution >= 0.6 is 0 Å². The second kappa shape index (κ2) is 5.64. The lowest BCUT2D eigenvalue weighted by molar-refractivity contribution is -0.132. The molecule has 0 unspecified atom stereocenters. The van der Waals surface area contributed by atoms with E-state index < -0.39 is 0 Å². The van der Waals surface area contributed by atoms with Crippen LogP contribution in [0.4, 0.5) is 5.82 Å². The highest BCUT2D eigenvalue weighted by atomic mass is 16.2. The molecular weight excluding hydrogens is 292 g/mol. The Labute approximate surface area is 134 Å². The third-order valence-electron chi connectivity index (χ3n) is 4.44. The molecule has 120 valence electrons. The van der Waals surface area contributed by atoms with E-state index in [0.29, 0.717) is 17.6 Å². The van der Waals surface area contributed by atoms with Gasteiger partial charge in [0.15, 0.2) is 11.6 Å². The molecule has 0 atom stereocenters. The number of hydrogen-bond acceptors (Lipinski definition) is 5. The molecule has 1 amide bonds. The first-order valence-electron chi connectivity index (χ1n) is 8.11. The van der Waals surface area contributed by atoms with Gasteiger partial charge in [-0.3, -0.25) is 4.79 Å². The summed E-state index contributed by atoms with van der Waals surface area (Å²) < 4.78 is 1.72. The summed E-state index contributed by atoms with van der Waals surface area (Å²) in [5.41, 5.74) is 0.951. The Bertz CT molecular complexity index is 698. The first-order valence-corrected chi connectivity index (χ1v) is 8.11. The first kappa shape index (κ1) is 14.2. The normalized spacial score (nSPS) is 18.3. The van der Waals surface area contributed by atoms with E-state index in [1.54, 1.807) is 4.68 Å². The van der Waals surface area contributed by atoms with E-state index in [2.05, 4.69) is 20.2 Å². The van der Waals surface area contributed by atoms with E-state index in [-0.39, 0.29) is 0 Å². The molecule has 2 aromatic rings. The van der Waals surface area contributed by atoms with Gasteiger partial charge < -0.3 is 9.80 Å². The molecule has 7 nitrogen and oxygen atoms in total. The van der Waals surface area contributed by atoms with Crippen LogP contribution in [0.1, 0.15) is 18.5 Å². The standard InChI is InChI=1S/C16H20N6O/c1-12-6-7-22(19-12)15-5-4-14(17-18-15)20-8-10-21(11-9-20)16(23)13-2-3-13/h4-7,13H,2-3,8-11H2,1H3. The lowest BCUT2D eigenvalue weighted by Crippen LogP contribution is -2.49. The van der Waals surface area contributed by atoms with Crippen molar-refractivity contribution in [3.05, 3.63) is 30.1 Å². The smallest absolute Gasteiger partial charge is 0.225 e. The Hall–Kier alpha value is -2.44. The predicted molar refractivity (Wildman–Crippen MR) is 85.4 cm³/mol. The van der Waals surface area contributed by atoms with E-state index in [9.17, 15) is 4.79 Å². The molecule has 2 fully saturated rings. The summed E-state index contributed by atoms with van der Waals surface area (Å²) in [5.74, 6) is 2.21. The number of aromatic nitrogens is 4. The Morgan fingerprint density at radius 3 is 2.30 bits per heavy atom. The molecular formula is C16H20N6O. The van der Waals surface area contributed by atoms with Gasteiger partial charge in [-0.05, 0) is 38.0 Å². The number of amides is 1. The summed E-state index contributed by atoms with van der Waals surface area (Å²) in [4.78, 5) is 16.2. The van der Waals surface area contributed by atoms with Crippen molar-refractivity contribution in [1.82, 2.24) is 24.9 Å². The molecule has 3 heterocycles. The largest absolute Gasteiger partial charge is 0.352 e. The van der Waals surface area contributed by atoms with Crippen LogP contribution in [0.3, 0.4) is 0 Å². The number of nitrogens with zero attached hydrogens (tertiary/aromatic N) is 6. The van der Waals surface area contributed by atoms with E-state index in [0.717, 1.165) is 50.5 Å². The predicted octanol–water partition coefficient (Wildman–Crippen LogP) is 1.03. The Kier molecular flexibility index (Phi) is 3.48. The van der Waals surface area contributed by atoms with Crippen LogP contribution < -0.4 is 4.90 Å². The van der Waals surface area contributed by atoms with Crippen LogP contribution in [-0.4, -0.2) is 57.0 Å². The Morgan fingerprint density at radius 1 is 1.04 bits per heavy atom. The first-order chi connectivity index (χ1) is 11.2. The van der Waals surface area contributed by atoms with Gasteiger partial charge in [-0.15, -0.1) is 10.2 Å². The van der Waals surface area contributed by atoms with Gasteiger partial charge in [0.25, 0.3) is 0 Å². The van der Waals surface area contributed by atoms with Gasteiger partial charge in [0, 0.05) is 38.3 Å². The number of aryl methyl sites for hydroxylation is 1. The van der Waals surface area contributed by atoms with Gasteiger partial charge in [0.05, 0.1) is 5.69 Å². The van der Waals surface area contributed by atoms with E-state index in [4.69, 9.17) is 0 Å². The maximum Gasteiger partial charge on any atom is 0.225 e. The number of rotatable bonds is 3. The molecule has 0 N–H and O–H groups in total. The van der Waals surface area contributed by atoms with Gasteiger partial charge in [0.1, 0.15) is 0 Å². The second-order valence-corrected chi connectivity index (χ2v) is 6.24. The topological polar surface area (TPSA) is 67.2 Å². The van der Waals surface area contributed by atoms with Gasteiger partial charge in [-0.25, -0.2) is 4.68 Å². The fourth-order valence-electron chi connectivity index (χ4n) is 2.90. The number of carbonyl (C=O) groups excluding carboxylic acids is 1. The van der Waals surface area contributed by atoms with Crippen LogP contribution in [0, 0.1) is 12.8 Å². The highest BCUT2D eigenvalue weighted by Gasteiger charge is 2.34. The molecule has 1 saturated carbocycles.